The van der Waals surface area contributed by atoms with Crippen molar-refractivity contribution in [3.05, 3.63) is 46.3 Å². The minimum atomic E-state index is -4.36. The Morgan fingerprint density at radius 3 is 1.75 bits per heavy atom. The summed E-state index contributed by atoms with van der Waals surface area (Å²) in [5, 5.41) is 0.349. The lowest BCUT2D eigenvalue weighted by Crippen LogP contribution is -2.46. The number of amides is 1. The number of nitrogens with zero attached hydrogens (tertiary/aromatic N) is 4. The number of sulfonamides is 1. The first-order valence-electron chi connectivity index (χ1n) is 12.8. The van der Waals surface area contributed by atoms with Crippen molar-refractivity contribution >= 4 is 112 Å². The summed E-state index contributed by atoms with van der Waals surface area (Å²) in [5.41, 5.74) is 0.728. The number of hydrogen-bond donors (Lipinski definition) is 0. The maximum absolute atomic E-state index is 13.3. The van der Waals surface area contributed by atoms with Crippen LogP contribution in [-0.4, -0.2) is 89.6 Å². The van der Waals surface area contributed by atoms with Gasteiger partial charge in [-0.3, -0.25) is 4.79 Å². The van der Waals surface area contributed by atoms with E-state index in [0.29, 0.717) is 24.7 Å². The molecule has 1 fully saturated rings. The molecule has 0 radical (unpaired) electrons. The Kier molecular flexibility index (Phi) is 8.49. The van der Waals surface area contributed by atoms with Crippen LogP contribution in [0.1, 0.15) is 9.88 Å². The minimum Gasteiger partial charge on any atom is -0.383 e. The van der Waals surface area contributed by atoms with E-state index in [9.17, 15) is 38.5 Å². The van der Waals surface area contributed by atoms with Gasteiger partial charge in [0.05, 0.1) is 51.2 Å². The van der Waals surface area contributed by atoms with Gasteiger partial charge in [0, 0.05) is 12.1 Å². The van der Waals surface area contributed by atoms with Crippen molar-refractivity contribution in [1.29, 1.82) is 0 Å². The summed E-state index contributed by atoms with van der Waals surface area (Å²) in [4.78, 5) is 24.7. The van der Waals surface area contributed by atoms with Crippen molar-refractivity contribution in [2.75, 3.05) is 30.8 Å². The zero-order valence-corrected chi connectivity index (χ0v) is 31.2. The Morgan fingerprint density at radius 1 is 0.688 bits per heavy atom. The van der Waals surface area contributed by atoms with Crippen LogP contribution in [0.15, 0.2) is 36.4 Å². The third kappa shape index (κ3) is 6.97. The van der Waals surface area contributed by atoms with Gasteiger partial charge in [0.15, 0.2) is 14.9 Å². The number of hydrogen-bond acceptors (Lipinski definition) is 19. The van der Waals surface area contributed by atoms with Crippen LogP contribution in [0.3, 0.4) is 0 Å². The van der Waals surface area contributed by atoms with E-state index in [1.165, 1.54) is 36.4 Å². The number of rotatable bonds is 10. The van der Waals surface area contributed by atoms with Crippen LogP contribution in [0.5, 0.6) is 17.4 Å². The highest BCUT2D eigenvalue weighted by atomic mass is 32.2. The van der Waals surface area contributed by atoms with Crippen molar-refractivity contribution in [2.45, 2.75) is 4.87 Å². The molecule has 1 atom stereocenters. The lowest BCUT2D eigenvalue weighted by Gasteiger charge is -2.33. The Hall–Kier alpha value is -3.13. The van der Waals surface area contributed by atoms with Crippen molar-refractivity contribution in [1.82, 2.24) is 19.3 Å². The van der Waals surface area contributed by atoms with Crippen LogP contribution in [0.2, 0.25) is 0 Å². The van der Waals surface area contributed by atoms with Gasteiger partial charge in [-0.1, -0.05) is 0 Å². The van der Waals surface area contributed by atoms with Gasteiger partial charge in [-0.15, -0.1) is 45.8 Å². The second kappa shape index (κ2) is 11.7. The van der Waals surface area contributed by atoms with Crippen molar-refractivity contribution < 1.29 is 51.0 Å². The van der Waals surface area contributed by atoms with Crippen molar-refractivity contribution in [2.24, 2.45) is 0 Å². The van der Waals surface area contributed by atoms with E-state index >= 15 is 0 Å². The summed E-state index contributed by atoms with van der Waals surface area (Å²) in [6, 6.07) is 8.54. The van der Waals surface area contributed by atoms with Gasteiger partial charge in [-0.25, -0.2) is 22.7 Å². The van der Waals surface area contributed by atoms with Crippen molar-refractivity contribution in [3.8, 4) is 27.4 Å². The Labute approximate surface area is 290 Å². The SMILES string of the molecule is CS(=O)(=O)Oc1ccc2nc(-c3nc(OS(C)(=O)=O)c(C4(c5nc6ccc(OS(C)(=O)=O)cc6s5)SCC(=O)N4S(C)(=O)=O)s3)sc2c1. The number of carbonyl (C=O) groups is 1. The fourth-order valence-corrected chi connectivity index (χ4v) is 12.7. The van der Waals surface area contributed by atoms with E-state index in [4.69, 9.17) is 12.5 Å². The molecular formula is C24H20N4O12S8. The fourth-order valence-electron chi connectivity index (χ4n) is 4.59. The van der Waals surface area contributed by atoms with E-state index in [0.717, 1.165) is 70.8 Å². The van der Waals surface area contributed by atoms with E-state index in [1.54, 1.807) is 0 Å². The standard InChI is InChI=1S/C24H20N4O12S8/c1-45(30,31)28-18(29)11-41-24(28,23-26-15-8-6-13(10-17(15)43-23)39-47(3,34)35)19-20(40-48(4,36)37)27-22(44-19)21-25-14-7-5-12(9-16(14)42-21)38-46(2,32)33/h5-10H,11H2,1-4H3. The molecule has 1 aliphatic heterocycles. The van der Waals surface area contributed by atoms with E-state index in [-0.39, 0.29) is 37.2 Å². The van der Waals surface area contributed by atoms with Crippen LogP contribution in [-0.2, 0) is 50.0 Å². The maximum atomic E-state index is 13.3. The molecule has 1 amide bonds. The molecule has 6 rings (SSSR count). The van der Waals surface area contributed by atoms with Crippen molar-refractivity contribution in [3.63, 3.8) is 0 Å². The smallest absolute Gasteiger partial charge is 0.307 e. The minimum absolute atomic E-state index is 0.0238. The summed E-state index contributed by atoms with van der Waals surface area (Å²) in [7, 11) is -16.3. The molecule has 0 N–H and O–H groups in total. The predicted molar refractivity (Wildman–Crippen MR) is 182 cm³/mol. The van der Waals surface area contributed by atoms with Gasteiger partial charge >= 0.3 is 30.4 Å². The first kappa shape index (κ1) is 34.7. The summed E-state index contributed by atoms with van der Waals surface area (Å²) in [6.07, 6.45) is 3.35. The van der Waals surface area contributed by atoms with Gasteiger partial charge < -0.3 is 12.5 Å². The predicted octanol–water partition coefficient (Wildman–Crippen LogP) is 2.78. The second-order valence-corrected chi connectivity index (χ2v) is 21.0. The summed E-state index contributed by atoms with van der Waals surface area (Å²) in [6.45, 7) is 0. The zero-order valence-electron chi connectivity index (χ0n) is 24.6. The molecule has 5 aromatic rings. The average Bonchev–Trinajstić information content (AvgIpc) is 3.68. The highest BCUT2D eigenvalue weighted by molar-refractivity contribution is 8.03. The molecule has 1 unspecified atom stereocenters. The zero-order chi connectivity index (χ0) is 35.0. The molecule has 48 heavy (non-hydrogen) atoms. The number of fused-ring (bicyclic) bond motifs is 2. The topological polar surface area (TPSA) is 223 Å². The van der Waals surface area contributed by atoms with Crippen LogP contribution in [0.25, 0.3) is 30.4 Å². The molecular weight excluding hydrogens is 793 g/mol. The van der Waals surface area contributed by atoms with E-state index in [1.807, 2.05) is 0 Å². The fraction of sp³-hybridized carbons (Fsp3) is 0.250. The molecule has 16 nitrogen and oxygen atoms in total. The maximum Gasteiger partial charge on any atom is 0.307 e. The number of thioether (sulfide) groups is 1. The van der Waals surface area contributed by atoms with Gasteiger partial charge in [0.2, 0.25) is 15.9 Å². The molecule has 4 heterocycles. The second-order valence-electron chi connectivity index (χ2n) is 10.2. The molecule has 0 aliphatic carbocycles. The van der Waals surface area contributed by atoms with Crippen LogP contribution < -0.4 is 12.5 Å². The lowest BCUT2D eigenvalue weighted by molar-refractivity contribution is -0.124. The number of carbonyl (C=O) groups excluding carboxylic acids is 1. The molecule has 1 aliphatic rings. The first-order chi connectivity index (χ1) is 22.1. The number of benzene rings is 2. The molecule has 1 saturated heterocycles. The summed E-state index contributed by atoms with van der Waals surface area (Å²) >= 11 is 3.66. The van der Waals surface area contributed by atoms with E-state index in [2.05, 4.69) is 15.0 Å². The molecule has 0 saturated carbocycles. The third-order valence-corrected chi connectivity index (χ3v) is 13.9. The molecule has 24 heteroatoms. The number of thiazole rings is 3. The Balaban J connectivity index is 1.58. The van der Waals surface area contributed by atoms with Crippen LogP contribution in [0, 0.1) is 0 Å². The molecule has 3 aromatic heterocycles. The van der Waals surface area contributed by atoms with Gasteiger partial charge in [0.25, 0.3) is 5.88 Å². The molecule has 2 aromatic carbocycles. The normalized spacial score (nSPS) is 17.8. The summed E-state index contributed by atoms with van der Waals surface area (Å²) < 4.78 is 115. The van der Waals surface area contributed by atoms with Gasteiger partial charge in [-0.2, -0.15) is 30.2 Å². The van der Waals surface area contributed by atoms with Crippen LogP contribution >= 0.6 is 45.8 Å². The highest BCUT2D eigenvalue weighted by Gasteiger charge is 2.58. The third-order valence-electron chi connectivity index (χ3n) is 6.07. The molecule has 256 valence electrons. The lowest BCUT2D eigenvalue weighted by atomic mass is 10.2. The Morgan fingerprint density at radius 2 is 1.21 bits per heavy atom. The van der Waals surface area contributed by atoms with Gasteiger partial charge in [-0.05, 0) is 24.3 Å². The van der Waals surface area contributed by atoms with Gasteiger partial charge in [0.1, 0.15) is 21.4 Å². The monoisotopic (exact) mass is 812 g/mol. The van der Waals surface area contributed by atoms with Crippen LogP contribution in [0.4, 0.5) is 0 Å². The Bertz CT molecular complexity index is 2590. The number of aromatic nitrogens is 3. The molecule has 0 bridgehead atoms. The highest BCUT2D eigenvalue weighted by Crippen LogP contribution is 2.58. The largest absolute Gasteiger partial charge is 0.383 e. The average molecular weight is 813 g/mol. The summed E-state index contributed by atoms with van der Waals surface area (Å²) in [5.74, 6) is -1.69. The quantitative estimate of drug-likeness (QED) is 0.185. The van der Waals surface area contributed by atoms with E-state index < -0.39 is 57.0 Å². The first-order valence-corrected chi connectivity index (χ1v) is 23.5. The molecule has 0 spiro atoms.